The molecule has 0 N–H and O–H groups in total. The summed E-state index contributed by atoms with van der Waals surface area (Å²) in [6, 6.07) is 3.85. The second-order valence-electron chi connectivity index (χ2n) is 4.04. The van der Waals surface area contributed by atoms with E-state index < -0.39 is 28.4 Å². The zero-order valence-electron chi connectivity index (χ0n) is 10.5. The smallest absolute Gasteiger partial charge is 0.307 e. The Labute approximate surface area is 113 Å². The highest BCUT2D eigenvalue weighted by molar-refractivity contribution is 6.23. The maximum atomic E-state index is 12.1. The fourth-order valence-corrected chi connectivity index (χ4v) is 1.98. The van der Waals surface area contributed by atoms with Crippen LogP contribution in [0.4, 0.5) is 5.69 Å². The molecule has 104 valence electrons. The largest absolute Gasteiger partial charge is 0.469 e. The molecule has 0 atom stereocenters. The Kier molecular flexibility index (Phi) is 3.47. The molecule has 0 fully saturated rings. The number of rotatable bonds is 4. The van der Waals surface area contributed by atoms with Crippen LogP contribution in [-0.4, -0.2) is 41.3 Å². The topological polar surface area (TPSA) is 107 Å². The van der Waals surface area contributed by atoms with Crippen LogP contribution in [0, 0.1) is 10.1 Å². The van der Waals surface area contributed by atoms with Gasteiger partial charge in [0.05, 0.1) is 24.0 Å². The molecule has 0 saturated carbocycles. The Morgan fingerprint density at radius 3 is 2.65 bits per heavy atom. The van der Waals surface area contributed by atoms with E-state index in [0.29, 0.717) is 0 Å². The molecule has 2 rings (SSSR count). The van der Waals surface area contributed by atoms with Crippen molar-refractivity contribution in [3.05, 3.63) is 39.4 Å². The highest BCUT2D eigenvalue weighted by atomic mass is 16.6. The summed E-state index contributed by atoms with van der Waals surface area (Å²) in [5.41, 5.74) is -0.664. The quantitative estimate of drug-likeness (QED) is 0.348. The van der Waals surface area contributed by atoms with E-state index in [0.717, 1.165) is 11.0 Å². The van der Waals surface area contributed by atoms with Crippen molar-refractivity contribution in [1.82, 2.24) is 4.90 Å². The lowest BCUT2D eigenvalue weighted by atomic mass is 10.1. The van der Waals surface area contributed by atoms with E-state index in [9.17, 15) is 24.5 Å². The Morgan fingerprint density at radius 2 is 2.05 bits per heavy atom. The number of fused-ring (bicyclic) bond motifs is 1. The minimum absolute atomic E-state index is 0.0194. The molecule has 2 amide bonds. The molecule has 8 heteroatoms. The van der Waals surface area contributed by atoms with E-state index in [4.69, 9.17) is 0 Å². The third-order valence-corrected chi connectivity index (χ3v) is 2.94. The number of nitro benzene ring substituents is 1. The predicted molar refractivity (Wildman–Crippen MR) is 65.1 cm³/mol. The van der Waals surface area contributed by atoms with Crippen LogP contribution >= 0.6 is 0 Å². The molecule has 8 nitrogen and oxygen atoms in total. The van der Waals surface area contributed by atoms with E-state index in [1.165, 1.54) is 19.2 Å². The number of methoxy groups -OCH3 is 1. The molecule has 0 aliphatic carbocycles. The van der Waals surface area contributed by atoms with E-state index in [-0.39, 0.29) is 24.1 Å². The Balaban J connectivity index is 2.33. The van der Waals surface area contributed by atoms with Crippen LogP contribution in [0.1, 0.15) is 27.1 Å². The van der Waals surface area contributed by atoms with Crippen LogP contribution in [0.5, 0.6) is 0 Å². The summed E-state index contributed by atoms with van der Waals surface area (Å²) in [7, 11) is 1.19. The molecule has 0 aromatic heterocycles. The van der Waals surface area contributed by atoms with Gasteiger partial charge in [0.1, 0.15) is 5.56 Å². The van der Waals surface area contributed by atoms with Gasteiger partial charge in [-0.15, -0.1) is 0 Å². The molecule has 1 aromatic rings. The summed E-state index contributed by atoms with van der Waals surface area (Å²) in [6.07, 6.45) is -0.157. The van der Waals surface area contributed by atoms with Crippen molar-refractivity contribution in [3.63, 3.8) is 0 Å². The van der Waals surface area contributed by atoms with Gasteiger partial charge in [-0.25, -0.2) is 0 Å². The summed E-state index contributed by atoms with van der Waals surface area (Å²) >= 11 is 0. The molecule has 0 radical (unpaired) electrons. The first kappa shape index (κ1) is 13.7. The second kappa shape index (κ2) is 5.08. The lowest BCUT2D eigenvalue weighted by Crippen LogP contribution is -2.32. The van der Waals surface area contributed by atoms with Gasteiger partial charge >= 0.3 is 5.97 Å². The third-order valence-electron chi connectivity index (χ3n) is 2.94. The second-order valence-corrected chi connectivity index (χ2v) is 4.04. The average Bonchev–Trinajstić information content (AvgIpc) is 2.68. The lowest BCUT2D eigenvalue weighted by Gasteiger charge is -2.12. The van der Waals surface area contributed by atoms with Crippen LogP contribution < -0.4 is 0 Å². The monoisotopic (exact) mass is 278 g/mol. The number of hydrogen-bond donors (Lipinski definition) is 0. The van der Waals surface area contributed by atoms with Gasteiger partial charge in [0.25, 0.3) is 17.5 Å². The van der Waals surface area contributed by atoms with Crippen LogP contribution in [0.2, 0.25) is 0 Å². The fraction of sp³-hybridized carbons (Fsp3) is 0.250. The van der Waals surface area contributed by atoms with Gasteiger partial charge in [-0.1, -0.05) is 6.07 Å². The molecule has 0 unspecified atom stereocenters. The minimum atomic E-state index is -0.763. The number of carbonyl (C=O) groups excluding carboxylic acids is 3. The van der Waals surface area contributed by atoms with Crippen LogP contribution in [0.25, 0.3) is 0 Å². The molecule has 0 spiro atoms. The van der Waals surface area contributed by atoms with Gasteiger partial charge in [0.15, 0.2) is 0 Å². The summed E-state index contributed by atoms with van der Waals surface area (Å²) in [6.45, 7) is -0.170. The van der Waals surface area contributed by atoms with Crippen LogP contribution in [-0.2, 0) is 9.53 Å². The number of carbonyl (C=O) groups is 3. The van der Waals surface area contributed by atoms with Gasteiger partial charge in [0.2, 0.25) is 0 Å². The number of amides is 2. The summed E-state index contributed by atoms with van der Waals surface area (Å²) in [5, 5.41) is 10.9. The Bertz CT molecular complexity index is 624. The van der Waals surface area contributed by atoms with Crippen molar-refractivity contribution < 1.29 is 24.0 Å². The first-order valence-electron chi connectivity index (χ1n) is 5.67. The Morgan fingerprint density at radius 1 is 1.35 bits per heavy atom. The Hall–Kier alpha value is -2.77. The lowest BCUT2D eigenvalue weighted by molar-refractivity contribution is -0.385. The van der Waals surface area contributed by atoms with Crippen molar-refractivity contribution in [3.8, 4) is 0 Å². The number of benzene rings is 1. The van der Waals surface area contributed by atoms with Crippen molar-refractivity contribution in [2.24, 2.45) is 0 Å². The third kappa shape index (κ3) is 2.11. The first-order chi connectivity index (χ1) is 9.47. The summed E-state index contributed by atoms with van der Waals surface area (Å²) < 4.78 is 4.42. The van der Waals surface area contributed by atoms with E-state index in [2.05, 4.69) is 4.74 Å². The number of nitro groups is 1. The van der Waals surface area contributed by atoms with Gasteiger partial charge < -0.3 is 4.74 Å². The standard InChI is InChI=1S/C12H10N2O6/c1-20-9(15)5-6-13-11(16)7-3-2-4-8(14(18)19)10(7)12(13)17/h2-4H,5-6H2,1H3. The molecule has 1 aliphatic rings. The van der Waals surface area contributed by atoms with Crippen molar-refractivity contribution in [1.29, 1.82) is 0 Å². The SMILES string of the molecule is COC(=O)CCN1C(=O)c2cccc([N+](=O)[O-])c2C1=O. The van der Waals surface area contributed by atoms with Crippen LogP contribution in [0.3, 0.4) is 0 Å². The summed E-state index contributed by atoms with van der Waals surface area (Å²) in [5.74, 6) is -1.98. The van der Waals surface area contributed by atoms with Crippen molar-refractivity contribution in [2.45, 2.75) is 6.42 Å². The fourth-order valence-electron chi connectivity index (χ4n) is 1.98. The zero-order chi connectivity index (χ0) is 14.9. The molecule has 1 aromatic carbocycles. The number of imide groups is 1. The van der Waals surface area contributed by atoms with Crippen molar-refractivity contribution >= 4 is 23.5 Å². The van der Waals surface area contributed by atoms with Gasteiger partial charge in [-0.3, -0.25) is 29.4 Å². The maximum absolute atomic E-state index is 12.1. The molecular formula is C12H10N2O6. The van der Waals surface area contributed by atoms with Gasteiger partial charge in [-0.2, -0.15) is 0 Å². The molecule has 1 heterocycles. The van der Waals surface area contributed by atoms with Gasteiger partial charge in [0, 0.05) is 12.6 Å². The number of ether oxygens (including phenoxy) is 1. The number of nitrogens with zero attached hydrogens (tertiary/aromatic N) is 2. The van der Waals surface area contributed by atoms with Gasteiger partial charge in [-0.05, 0) is 6.07 Å². The number of esters is 1. The van der Waals surface area contributed by atoms with Crippen molar-refractivity contribution in [2.75, 3.05) is 13.7 Å². The molecular weight excluding hydrogens is 268 g/mol. The predicted octanol–water partition coefficient (Wildman–Crippen LogP) is 0.754. The normalized spacial score (nSPS) is 13.3. The number of hydrogen-bond acceptors (Lipinski definition) is 6. The highest BCUT2D eigenvalue weighted by Crippen LogP contribution is 2.30. The molecule has 1 aliphatic heterocycles. The molecule has 0 saturated heterocycles. The minimum Gasteiger partial charge on any atom is -0.469 e. The highest BCUT2D eigenvalue weighted by Gasteiger charge is 2.40. The van der Waals surface area contributed by atoms with E-state index in [1.54, 1.807) is 0 Å². The summed E-state index contributed by atoms with van der Waals surface area (Å²) in [4.78, 5) is 46.1. The maximum Gasteiger partial charge on any atom is 0.307 e. The zero-order valence-corrected chi connectivity index (χ0v) is 10.5. The van der Waals surface area contributed by atoms with E-state index >= 15 is 0 Å². The molecule has 0 bridgehead atoms. The first-order valence-corrected chi connectivity index (χ1v) is 5.67. The molecule has 20 heavy (non-hydrogen) atoms. The van der Waals surface area contributed by atoms with E-state index in [1.807, 2.05) is 0 Å². The average molecular weight is 278 g/mol. The van der Waals surface area contributed by atoms with Crippen LogP contribution in [0.15, 0.2) is 18.2 Å².